The molecule has 0 aliphatic heterocycles. The maximum Gasteiger partial charge on any atom is 0.361 e. The minimum absolute atomic E-state index is 0.308. The highest BCUT2D eigenvalue weighted by Crippen LogP contribution is 2.23. The molecular formula is C15H13ClN3O2+. The first-order valence-corrected chi connectivity index (χ1v) is 6.70. The summed E-state index contributed by atoms with van der Waals surface area (Å²) in [6, 6.07) is 12.6. The maximum atomic E-state index is 12.3. The van der Waals surface area contributed by atoms with Crippen LogP contribution in [0.15, 0.2) is 42.5 Å². The first-order chi connectivity index (χ1) is 10.2. The van der Waals surface area contributed by atoms with Crippen molar-refractivity contribution in [3.8, 4) is 5.75 Å². The minimum Gasteiger partial charge on any atom is -0.496 e. The summed E-state index contributed by atoms with van der Waals surface area (Å²) in [6.07, 6.45) is 0. The Morgan fingerprint density at radius 3 is 2.86 bits per heavy atom. The van der Waals surface area contributed by atoms with Gasteiger partial charge in [0, 0.05) is 5.02 Å². The van der Waals surface area contributed by atoms with Crippen LogP contribution in [0.4, 0.5) is 5.95 Å². The molecule has 6 heteroatoms. The highest BCUT2D eigenvalue weighted by Gasteiger charge is 2.19. The number of halogens is 1. The van der Waals surface area contributed by atoms with Crippen molar-refractivity contribution < 1.29 is 14.5 Å². The molecule has 1 aromatic heterocycles. The van der Waals surface area contributed by atoms with Crippen LogP contribution in [0.2, 0.25) is 5.02 Å². The number of imidazole rings is 1. The lowest BCUT2D eigenvalue weighted by atomic mass is 10.2. The van der Waals surface area contributed by atoms with Gasteiger partial charge in [-0.05, 0) is 30.3 Å². The van der Waals surface area contributed by atoms with Gasteiger partial charge in [0.1, 0.15) is 16.8 Å². The van der Waals surface area contributed by atoms with Crippen LogP contribution < -0.4 is 15.0 Å². The van der Waals surface area contributed by atoms with Gasteiger partial charge in [0.15, 0.2) is 0 Å². The quantitative estimate of drug-likeness (QED) is 0.781. The van der Waals surface area contributed by atoms with Crippen molar-refractivity contribution in [2.24, 2.45) is 0 Å². The molecule has 0 radical (unpaired) electrons. The van der Waals surface area contributed by atoms with Crippen molar-refractivity contribution >= 4 is 34.5 Å². The molecule has 1 heterocycles. The van der Waals surface area contributed by atoms with Crippen LogP contribution in [0.5, 0.6) is 5.75 Å². The number of nitrogens with one attached hydrogen (secondary N) is 3. The summed E-state index contributed by atoms with van der Waals surface area (Å²) in [7, 11) is 1.51. The van der Waals surface area contributed by atoms with E-state index in [0.29, 0.717) is 22.3 Å². The summed E-state index contributed by atoms with van der Waals surface area (Å²) in [5.74, 6) is 0.661. The molecule has 0 aliphatic carbocycles. The SMILES string of the molecule is COc1ccc(Cl)cc1C(=O)Nc1[nH]c2ccccc2[nH+]1. The van der Waals surface area contributed by atoms with E-state index in [4.69, 9.17) is 16.3 Å². The molecule has 1 amide bonds. The van der Waals surface area contributed by atoms with E-state index in [-0.39, 0.29) is 5.91 Å². The number of rotatable bonds is 3. The Labute approximate surface area is 125 Å². The second-order valence-corrected chi connectivity index (χ2v) is 4.91. The van der Waals surface area contributed by atoms with Gasteiger partial charge in [0.2, 0.25) is 0 Å². The lowest BCUT2D eigenvalue weighted by Crippen LogP contribution is -2.19. The monoisotopic (exact) mass is 302 g/mol. The fraction of sp³-hybridized carbons (Fsp3) is 0.0667. The van der Waals surface area contributed by atoms with Crippen molar-refractivity contribution in [2.45, 2.75) is 0 Å². The van der Waals surface area contributed by atoms with Crippen molar-refractivity contribution in [3.63, 3.8) is 0 Å². The lowest BCUT2D eigenvalue weighted by Gasteiger charge is -2.05. The Balaban J connectivity index is 1.90. The summed E-state index contributed by atoms with van der Waals surface area (Å²) < 4.78 is 5.18. The Kier molecular flexibility index (Phi) is 3.50. The number of amides is 1. The zero-order chi connectivity index (χ0) is 14.8. The lowest BCUT2D eigenvalue weighted by molar-refractivity contribution is -0.326. The van der Waals surface area contributed by atoms with Crippen LogP contribution >= 0.6 is 11.6 Å². The molecule has 2 aromatic carbocycles. The average Bonchev–Trinajstić information content (AvgIpc) is 2.89. The number of methoxy groups -OCH3 is 1. The van der Waals surface area contributed by atoms with E-state index in [1.54, 1.807) is 18.2 Å². The Bertz CT molecular complexity index is 781. The van der Waals surface area contributed by atoms with Gasteiger partial charge < -0.3 is 4.74 Å². The van der Waals surface area contributed by atoms with E-state index in [0.717, 1.165) is 11.0 Å². The van der Waals surface area contributed by atoms with Gasteiger partial charge in [-0.25, -0.2) is 15.3 Å². The summed E-state index contributed by atoms with van der Waals surface area (Å²) in [6.45, 7) is 0. The van der Waals surface area contributed by atoms with Gasteiger partial charge in [0.05, 0.1) is 12.7 Å². The molecular weight excluding hydrogens is 290 g/mol. The highest BCUT2D eigenvalue weighted by molar-refractivity contribution is 6.31. The summed E-state index contributed by atoms with van der Waals surface area (Å²) >= 11 is 5.93. The largest absolute Gasteiger partial charge is 0.496 e. The first kappa shape index (κ1) is 13.5. The molecule has 5 nitrogen and oxygen atoms in total. The number of H-pyrrole nitrogens is 2. The Morgan fingerprint density at radius 2 is 2.10 bits per heavy atom. The molecule has 0 aliphatic rings. The van der Waals surface area contributed by atoms with E-state index in [2.05, 4.69) is 15.3 Å². The molecule has 3 aromatic rings. The van der Waals surface area contributed by atoms with Crippen LogP contribution in [0.3, 0.4) is 0 Å². The van der Waals surface area contributed by atoms with E-state index in [1.165, 1.54) is 7.11 Å². The van der Waals surface area contributed by atoms with Crippen LogP contribution in [0.1, 0.15) is 10.4 Å². The molecule has 21 heavy (non-hydrogen) atoms. The first-order valence-electron chi connectivity index (χ1n) is 6.32. The zero-order valence-electron chi connectivity index (χ0n) is 11.2. The number of carbonyl (C=O) groups is 1. The molecule has 0 fully saturated rings. The van der Waals surface area contributed by atoms with E-state index in [1.807, 2.05) is 24.3 Å². The maximum absolute atomic E-state index is 12.3. The minimum atomic E-state index is -0.308. The molecule has 3 N–H and O–H groups in total. The second-order valence-electron chi connectivity index (χ2n) is 4.47. The molecule has 0 saturated heterocycles. The average molecular weight is 303 g/mol. The van der Waals surface area contributed by atoms with E-state index in [9.17, 15) is 4.79 Å². The summed E-state index contributed by atoms with van der Waals surface area (Å²) in [4.78, 5) is 18.5. The Hall–Kier alpha value is -2.53. The fourth-order valence-electron chi connectivity index (χ4n) is 2.10. The van der Waals surface area contributed by atoms with Gasteiger partial charge >= 0.3 is 11.9 Å². The number of benzene rings is 2. The van der Waals surface area contributed by atoms with Crippen molar-refractivity contribution in [1.29, 1.82) is 0 Å². The van der Waals surface area contributed by atoms with Gasteiger partial charge in [-0.3, -0.25) is 4.79 Å². The molecule has 3 rings (SSSR count). The molecule has 106 valence electrons. The number of ether oxygens (including phenoxy) is 1. The third kappa shape index (κ3) is 2.68. The summed E-state index contributed by atoms with van der Waals surface area (Å²) in [5, 5.41) is 3.23. The normalized spacial score (nSPS) is 10.6. The predicted molar refractivity (Wildman–Crippen MR) is 80.8 cm³/mol. The number of hydrogen-bond acceptors (Lipinski definition) is 2. The van der Waals surface area contributed by atoms with Crippen molar-refractivity contribution in [1.82, 2.24) is 4.98 Å². The third-order valence-electron chi connectivity index (χ3n) is 3.09. The van der Waals surface area contributed by atoms with E-state index < -0.39 is 0 Å². The van der Waals surface area contributed by atoms with Gasteiger partial charge in [-0.2, -0.15) is 0 Å². The number of aromatic amines is 2. The number of para-hydroxylation sites is 2. The summed E-state index contributed by atoms with van der Waals surface area (Å²) in [5.41, 5.74) is 2.19. The third-order valence-corrected chi connectivity index (χ3v) is 3.33. The number of carbonyl (C=O) groups excluding carboxylic acids is 1. The second kappa shape index (κ2) is 5.46. The van der Waals surface area contributed by atoms with Crippen molar-refractivity contribution in [2.75, 3.05) is 12.4 Å². The molecule has 0 saturated carbocycles. The topological polar surface area (TPSA) is 68.3 Å². The van der Waals surface area contributed by atoms with Gasteiger partial charge in [-0.15, -0.1) is 0 Å². The van der Waals surface area contributed by atoms with Crippen LogP contribution in [0, 0.1) is 0 Å². The Morgan fingerprint density at radius 1 is 1.29 bits per heavy atom. The number of fused-ring (bicyclic) bond motifs is 1. The van der Waals surface area contributed by atoms with Crippen LogP contribution in [-0.2, 0) is 0 Å². The molecule has 0 atom stereocenters. The van der Waals surface area contributed by atoms with Crippen LogP contribution in [0.25, 0.3) is 11.0 Å². The van der Waals surface area contributed by atoms with Crippen LogP contribution in [-0.4, -0.2) is 18.0 Å². The standard InChI is InChI=1S/C15H12ClN3O2/c1-21-13-7-6-9(16)8-10(13)14(20)19-15-17-11-4-2-3-5-12(11)18-15/h2-8H,1H3,(H2,17,18,19,20)/p+1. The molecule has 0 unspecified atom stereocenters. The van der Waals surface area contributed by atoms with Gasteiger partial charge in [-0.1, -0.05) is 23.7 Å². The van der Waals surface area contributed by atoms with Gasteiger partial charge in [0.25, 0.3) is 0 Å². The zero-order valence-corrected chi connectivity index (χ0v) is 12.0. The van der Waals surface area contributed by atoms with Crippen molar-refractivity contribution in [3.05, 3.63) is 53.1 Å². The number of aromatic nitrogens is 2. The highest BCUT2D eigenvalue weighted by atomic mass is 35.5. The number of anilines is 1. The molecule has 0 spiro atoms. The van der Waals surface area contributed by atoms with E-state index >= 15 is 0 Å². The smallest absolute Gasteiger partial charge is 0.361 e. The molecule has 0 bridgehead atoms. The fourth-order valence-corrected chi connectivity index (χ4v) is 2.27. The predicted octanol–water partition coefficient (Wildman–Crippen LogP) is 2.90. The number of hydrogen-bond donors (Lipinski definition) is 2.